The van der Waals surface area contributed by atoms with E-state index in [0.29, 0.717) is 0 Å². The Morgan fingerprint density at radius 2 is 2.15 bits per heavy atom. The van der Waals surface area contributed by atoms with Crippen LogP contribution in [0.3, 0.4) is 0 Å². The molecule has 0 aliphatic carbocycles. The number of benzene rings is 1. The number of nitro benzene ring substituents is 1. The van der Waals surface area contributed by atoms with Crippen LogP contribution in [-0.2, 0) is 0 Å². The Labute approximate surface area is 116 Å². The first kappa shape index (κ1) is 13.9. The first-order chi connectivity index (χ1) is 9.38. The molecule has 1 aromatic carbocycles. The summed E-state index contributed by atoms with van der Waals surface area (Å²) in [6, 6.07) is 4.70. The standard InChI is InChI=1S/C12H8FNO5S/c1-6-4-9(7(13)5-8(6)14(17)18)19-11-3-2-10(20-11)12(15)16/h2-5H,1H3,(H,15,16). The van der Waals surface area contributed by atoms with Crippen molar-refractivity contribution in [2.75, 3.05) is 0 Å². The maximum absolute atomic E-state index is 13.7. The Kier molecular flexibility index (Phi) is 3.66. The second-order valence-electron chi connectivity index (χ2n) is 3.85. The molecule has 0 spiro atoms. The molecule has 0 saturated heterocycles. The summed E-state index contributed by atoms with van der Waals surface area (Å²) in [6.45, 7) is 1.46. The highest BCUT2D eigenvalue weighted by molar-refractivity contribution is 7.15. The lowest BCUT2D eigenvalue weighted by molar-refractivity contribution is -0.385. The van der Waals surface area contributed by atoms with E-state index >= 15 is 0 Å². The Balaban J connectivity index is 2.31. The molecular formula is C12H8FNO5S. The number of carboxylic acids is 1. The number of ether oxygens (including phenoxy) is 1. The van der Waals surface area contributed by atoms with Crippen LogP contribution in [0.4, 0.5) is 10.1 Å². The summed E-state index contributed by atoms with van der Waals surface area (Å²) in [5.74, 6) is -2.18. The number of halogens is 1. The summed E-state index contributed by atoms with van der Waals surface area (Å²) in [5.41, 5.74) is -0.0892. The van der Waals surface area contributed by atoms with Gasteiger partial charge in [-0.25, -0.2) is 9.18 Å². The SMILES string of the molecule is Cc1cc(Oc2ccc(C(=O)O)s2)c(F)cc1[N+](=O)[O-]. The van der Waals surface area contributed by atoms with Crippen LogP contribution in [0, 0.1) is 22.9 Å². The molecule has 20 heavy (non-hydrogen) atoms. The van der Waals surface area contributed by atoms with E-state index < -0.39 is 16.7 Å². The minimum absolute atomic E-state index is 0.0547. The Hall–Kier alpha value is -2.48. The molecule has 1 heterocycles. The van der Waals surface area contributed by atoms with Crippen molar-refractivity contribution in [3.8, 4) is 10.8 Å². The van der Waals surface area contributed by atoms with Gasteiger partial charge in [-0.2, -0.15) is 0 Å². The number of thiophene rings is 1. The number of nitrogens with zero attached hydrogens (tertiary/aromatic N) is 1. The maximum Gasteiger partial charge on any atom is 0.345 e. The van der Waals surface area contributed by atoms with E-state index in [-0.39, 0.29) is 26.9 Å². The van der Waals surface area contributed by atoms with Crippen LogP contribution in [0.25, 0.3) is 0 Å². The normalized spacial score (nSPS) is 10.3. The first-order valence-corrected chi connectivity index (χ1v) is 6.15. The Bertz CT molecular complexity index is 697. The van der Waals surface area contributed by atoms with Crippen molar-refractivity contribution in [1.29, 1.82) is 0 Å². The predicted molar refractivity (Wildman–Crippen MR) is 69.1 cm³/mol. The lowest BCUT2D eigenvalue weighted by Gasteiger charge is -2.05. The molecule has 0 bridgehead atoms. The van der Waals surface area contributed by atoms with Crippen LogP contribution < -0.4 is 4.74 Å². The minimum Gasteiger partial charge on any atom is -0.477 e. The summed E-state index contributed by atoms with van der Waals surface area (Å²) in [5, 5.41) is 19.6. The molecule has 0 atom stereocenters. The third-order valence-corrected chi connectivity index (χ3v) is 3.40. The fourth-order valence-electron chi connectivity index (χ4n) is 1.52. The molecule has 2 rings (SSSR count). The van der Waals surface area contributed by atoms with Gasteiger partial charge in [0.05, 0.1) is 11.0 Å². The van der Waals surface area contributed by atoms with Crippen LogP contribution in [-0.4, -0.2) is 16.0 Å². The summed E-state index contributed by atoms with van der Waals surface area (Å²) in [4.78, 5) is 20.7. The summed E-state index contributed by atoms with van der Waals surface area (Å²) in [6.07, 6.45) is 0. The van der Waals surface area contributed by atoms with Gasteiger partial charge in [0.25, 0.3) is 5.69 Å². The van der Waals surface area contributed by atoms with Crippen molar-refractivity contribution in [3.05, 3.63) is 50.6 Å². The van der Waals surface area contributed by atoms with Crippen molar-refractivity contribution in [3.63, 3.8) is 0 Å². The average Bonchev–Trinajstić information content (AvgIpc) is 2.81. The van der Waals surface area contributed by atoms with Gasteiger partial charge in [0.15, 0.2) is 16.6 Å². The van der Waals surface area contributed by atoms with Gasteiger partial charge in [0.2, 0.25) is 0 Å². The number of nitro groups is 1. The zero-order valence-electron chi connectivity index (χ0n) is 10.1. The highest BCUT2D eigenvalue weighted by atomic mass is 32.1. The lowest BCUT2D eigenvalue weighted by Crippen LogP contribution is -1.95. The van der Waals surface area contributed by atoms with Crippen LogP contribution in [0.2, 0.25) is 0 Å². The fraction of sp³-hybridized carbons (Fsp3) is 0.0833. The zero-order valence-corrected chi connectivity index (χ0v) is 10.9. The van der Waals surface area contributed by atoms with E-state index in [4.69, 9.17) is 9.84 Å². The lowest BCUT2D eigenvalue weighted by atomic mass is 10.2. The first-order valence-electron chi connectivity index (χ1n) is 5.34. The van der Waals surface area contributed by atoms with Gasteiger partial charge >= 0.3 is 5.97 Å². The molecule has 0 aliphatic heterocycles. The quantitative estimate of drug-likeness (QED) is 0.688. The molecule has 2 aromatic rings. The number of aromatic carboxylic acids is 1. The van der Waals surface area contributed by atoms with Crippen molar-refractivity contribution in [2.45, 2.75) is 6.92 Å². The fourth-order valence-corrected chi connectivity index (χ4v) is 2.23. The van der Waals surface area contributed by atoms with E-state index in [0.717, 1.165) is 17.4 Å². The molecule has 0 radical (unpaired) electrons. The van der Waals surface area contributed by atoms with E-state index in [1.807, 2.05) is 0 Å². The second kappa shape index (κ2) is 5.25. The minimum atomic E-state index is -1.11. The monoisotopic (exact) mass is 297 g/mol. The molecule has 6 nitrogen and oxygen atoms in total. The van der Waals surface area contributed by atoms with Gasteiger partial charge in [-0.05, 0) is 25.1 Å². The van der Waals surface area contributed by atoms with E-state index in [9.17, 15) is 19.3 Å². The largest absolute Gasteiger partial charge is 0.477 e. The smallest absolute Gasteiger partial charge is 0.345 e. The van der Waals surface area contributed by atoms with Crippen LogP contribution in [0.15, 0.2) is 24.3 Å². The Morgan fingerprint density at radius 1 is 1.45 bits per heavy atom. The van der Waals surface area contributed by atoms with Crippen molar-refractivity contribution >= 4 is 23.0 Å². The summed E-state index contributed by atoms with van der Waals surface area (Å²) < 4.78 is 18.9. The zero-order chi connectivity index (χ0) is 14.9. The van der Waals surface area contributed by atoms with E-state index in [2.05, 4.69) is 0 Å². The number of aryl methyl sites for hydroxylation is 1. The van der Waals surface area contributed by atoms with Crippen molar-refractivity contribution in [2.24, 2.45) is 0 Å². The number of carbonyl (C=O) groups is 1. The van der Waals surface area contributed by atoms with Crippen LogP contribution >= 0.6 is 11.3 Å². The molecule has 0 saturated carbocycles. The summed E-state index contributed by atoms with van der Waals surface area (Å²) >= 11 is 0.839. The molecule has 1 N–H and O–H groups in total. The molecule has 1 aromatic heterocycles. The highest BCUT2D eigenvalue weighted by Gasteiger charge is 2.17. The molecule has 0 amide bonds. The third-order valence-electron chi connectivity index (χ3n) is 2.45. The second-order valence-corrected chi connectivity index (χ2v) is 4.90. The Morgan fingerprint density at radius 3 is 2.70 bits per heavy atom. The van der Waals surface area contributed by atoms with E-state index in [1.54, 1.807) is 0 Å². The predicted octanol–water partition coefficient (Wildman–Crippen LogP) is 3.59. The maximum atomic E-state index is 13.7. The molecule has 0 aliphatic rings. The topological polar surface area (TPSA) is 89.7 Å². The number of carboxylic acid groups (broad SMARTS) is 1. The number of rotatable bonds is 4. The van der Waals surface area contributed by atoms with Gasteiger partial charge in [-0.15, -0.1) is 0 Å². The van der Waals surface area contributed by atoms with Crippen LogP contribution in [0.1, 0.15) is 15.2 Å². The number of hydrogen-bond acceptors (Lipinski definition) is 5. The molecule has 0 unspecified atom stereocenters. The molecule has 104 valence electrons. The van der Waals surface area contributed by atoms with Gasteiger partial charge < -0.3 is 9.84 Å². The van der Waals surface area contributed by atoms with Crippen molar-refractivity contribution < 1.29 is 24.0 Å². The number of hydrogen-bond donors (Lipinski definition) is 1. The van der Waals surface area contributed by atoms with Gasteiger partial charge in [-0.3, -0.25) is 10.1 Å². The molecular weight excluding hydrogens is 289 g/mol. The summed E-state index contributed by atoms with van der Waals surface area (Å²) in [7, 11) is 0. The third kappa shape index (κ3) is 2.75. The van der Waals surface area contributed by atoms with Gasteiger partial charge in [0, 0.05) is 5.56 Å². The van der Waals surface area contributed by atoms with Crippen LogP contribution in [0.5, 0.6) is 10.8 Å². The average molecular weight is 297 g/mol. The van der Waals surface area contributed by atoms with Gasteiger partial charge in [-0.1, -0.05) is 11.3 Å². The highest BCUT2D eigenvalue weighted by Crippen LogP contribution is 2.33. The molecule has 8 heteroatoms. The van der Waals surface area contributed by atoms with E-state index in [1.165, 1.54) is 25.1 Å². The molecule has 0 fully saturated rings. The van der Waals surface area contributed by atoms with Gasteiger partial charge in [0.1, 0.15) is 4.88 Å². The van der Waals surface area contributed by atoms with Crippen molar-refractivity contribution in [1.82, 2.24) is 0 Å².